The Kier molecular flexibility index (Phi) is 5.18. The lowest BCUT2D eigenvalue weighted by molar-refractivity contribution is -0.146. The second-order valence-corrected chi connectivity index (χ2v) is 8.48. The van der Waals surface area contributed by atoms with Crippen LogP contribution in [0.1, 0.15) is 44.1 Å². The van der Waals surface area contributed by atoms with Gasteiger partial charge in [-0.25, -0.2) is 0 Å². The molecule has 0 atom stereocenters. The number of hydrogen-bond acceptors (Lipinski definition) is 3. The van der Waals surface area contributed by atoms with Crippen molar-refractivity contribution in [3.8, 4) is 0 Å². The summed E-state index contributed by atoms with van der Waals surface area (Å²) in [6.07, 6.45) is 5.18. The second-order valence-electron chi connectivity index (χ2n) is 7.02. The number of aryl methyl sites for hydroxylation is 1. The van der Waals surface area contributed by atoms with Gasteiger partial charge in [-0.3, -0.25) is 9.59 Å². The molecular weight excluding hydrogens is 322 g/mol. The maximum atomic E-state index is 13.2. The smallest absolute Gasteiger partial charge is 0.306 e. The molecule has 1 saturated heterocycles. The van der Waals surface area contributed by atoms with Crippen LogP contribution < -0.4 is 0 Å². The molecule has 1 heterocycles. The number of carboxylic acid groups (broad SMARTS) is 1. The summed E-state index contributed by atoms with van der Waals surface area (Å²) in [5.41, 5.74) is 1.22. The minimum atomic E-state index is -0.730. The molecule has 3 rings (SSSR count). The highest BCUT2D eigenvalue weighted by Gasteiger charge is 2.45. The molecule has 4 nitrogen and oxygen atoms in total. The molecule has 1 aliphatic carbocycles. The molecule has 1 aromatic carbocycles. The van der Waals surface area contributed by atoms with Gasteiger partial charge in [-0.15, -0.1) is 11.8 Å². The van der Waals surface area contributed by atoms with Gasteiger partial charge in [0.15, 0.2) is 0 Å². The molecule has 5 heteroatoms. The van der Waals surface area contributed by atoms with Crippen molar-refractivity contribution in [1.82, 2.24) is 4.90 Å². The van der Waals surface area contributed by atoms with Crippen molar-refractivity contribution < 1.29 is 14.7 Å². The minimum absolute atomic E-state index is 0.217. The molecule has 0 spiro atoms. The van der Waals surface area contributed by atoms with Crippen LogP contribution in [0, 0.1) is 12.8 Å². The first-order valence-corrected chi connectivity index (χ1v) is 9.60. The van der Waals surface area contributed by atoms with Crippen molar-refractivity contribution in [1.29, 1.82) is 0 Å². The lowest BCUT2D eigenvalue weighted by Gasteiger charge is -2.37. The van der Waals surface area contributed by atoms with Gasteiger partial charge in [0.25, 0.3) is 0 Å². The van der Waals surface area contributed by atoms with Crippen LogP contribution in [0.3, 0.4) is 0 Å². The summed E-state index contributed by atoms with van der Waals surface area (Å²) in [5.74, 6) is -0.806. The summed E-state index contributed by atoms with van der Waals surface area (Å²) >= 11 is 1.71. The zero-order chi connectivity index (χ0) is 17.2. The Labute approximate surface area is 147 Å². The summed E-state index contributed by atoms with van der Waals surface area (Å²) < 4.78 is -0.356. The largest absolute Gasteiger partial charge is 0.481 e. The van der Waals surface area contributed by atoms with E-state index in [1.807, 2.05) is 4.90 Å². The molecular formula is C19H25NO3S. The van der Waals surface area contributed by atoms with Crippen molar-refractivity contribution in [3.05, 3.63) is 29.8 Å². The SMILES string of the molecule is Cc1ccc(SC2(C(=O)N3CCC(C(=O)O)CC3)CCCC2)cc1. The van der Waals surface area contributed by atoms with Crippen LogP contribution in [-0.2, 0) is 9.59 Å². The monoisotopic (exact) mass is 347 g/mol. The van der Waals surface area contributed by atoms with Gasteiger partial charge in [0.05, 0.1) is 10.7 Å². The van der Waals surface area contributed by atoms with Crippen LogP contribution in [0.5, 0.6) is 0 Å². The predicted molar refractivity (Wildman–Crippen MR) is 95.2 cm³/mol. The molecule has 1 aromatic rings. The van der Waals surface area contributed by atoms with Crippen molar-refractivity contribution in [2.75, 3.05) is 13.1 Å². The third-order valence-corrected chi connectivity index (χ3v) is 6.75. The maximum Gasteiger partial charge on any atom is 0.306 e. The van der Waals surface area contributed by atoms with Crippen LogP contribution in [-0.4, -0.2) is 39.7 Å². The molecule has 24 heavy (non-hydrogen) atoms. The van der Waals surface area contributed by atoms with Gasteiger partial charge in [-0.2, -0.15) is 0 Å². The summed E-state index contributed by atoms with van der Waals surface area (Å²) in [7, 11) is 0. The van der Waals surface area contributed by atoms with E-state index in [-0.39, 0.29) is 16.6 Å². The fourth-order valence-electron chi connectivity index (χ4n) is 3.76. The summed E-state index contributed by atoms with van der Waals surface area (Å²) in [5, 5.41) is 9.13. The van der Waals surface area contributed by atoms with Crippen molar-refractivity contribution in [2.24, 2.45) is 5.92 Å². The van der Waals surface area contributed by atoms with E-state index in [1.165, 1.54) is 5.56 Å². The topological polar surface area (TPSA) is 57.6 Å². The van der Waals surface area contributed by atoms with E-state index in [9.17, 15) is 9.59 Å². The van der Waals surface area contributed by atoms with Crippen molar-refractivity contribution >= 4 is 23.6 Å². The van der Waals surface area contributed by atoms with Gasteiger partial charge in [-0.1, -0.05) is 30.5 Å². The number of nitrogens with zero attached hydrogens (tertiary/aromatic N) is 1. The average Bonchev–Trinajstić information content (AvgIpc) is 3.06. The number of rotatable bonds is 4. The number of benzene rings is 1. The Balaban J connectivity index is 1.72. The van der Waals surface area contributed by atoms with E-state index in [0.717, 1.165) is 30.6 Å². The van der Waals surface area contributed by atoms with E-state index in [1.54, 1.807) is 11.8 Å². The van der Waals surface area contributed by atoms with E-state index in [4.69, 9.17) is 5.11 Å². The van der Waals surface area contributed by atoms with E-state index >= 15 is 0 Å². The van der Waals surface area contributed by atoms with Gasteiger partial charge in [0.1, 0.15) is 0 Å². The number of piperidine rings is 1. The van der Waals surface area contributed by atoms with Crippen LogP contribution in [0.15, 0.2) is 29.2 Å². The lowest BCUT2D eigenvalue weighted by Crippen LogP contribution is -2.49. The zero-order valence-corrected chi connectivity index (χ0v) is 15.0. The number of likely N-dealkylation sites (tertiary alicyclic amines) is 1. The Morgan fingerprint density at radius 1 is 1.12 bits per heavy atom. The normalized spacial score (nSPS) is 21.0. The molecule has 0 unspecified atom stereocenters. The van der Waals surface area contributed by atoms with Crippen molar-refractivity contribution in [2.45, 2.75) is 55.1 Å². The Morgan fingerprint density at radius 3 is 2.25 bits per heavy atom. The average molecular weight is 347 g/mol. The Bertz CT molecular complexity index is 600. The fourth-order valence-corrected chi connectivity index (χ4v) is 5.19. The highest BCUT2D eigenvalue weighted by Crippen LogP contribution is 2.47. The molecule has 1 N–H and O–H groups in total. The van der Waals surface area contributed by atoms with Crippen LogP contribution >= 0.6 is 11.8 Å². The molecule has 1 saturated carbocycles. The van der Waals surface area contributed by atoms with E-state index in [2.05, 4.69) is 31.2 Å². The highest BCUT2D eigenvalue weighted by atomic mass is 32.2. The van der Waals surface area contributed by atoms with Crippen molar-refractivity contribution in [3.63, 3.8) is 0 Å². The van der Waals surface area contributed by atoms with Crippen LogP contribution in [0.25, 0.3) is 0 Å². The number of carboxylic acids is 1. The first-order valence-electron chi connectivity index (χ1n) is 8.78. The molecule has 0 aromatic heterocycles. The van der Waals surface area contributed by atoms with Gasteiger partial charge in [0.2, 0.25) is 5.91 Å². The fraction of sp³-hybridized carbons (Fsp3) is 0.579. The second kappa shape index (κ2) is 7.18. The minimum Gasteiger partial charge on any atom is -0.481 e. The number of carbonyl (C=O) groups is 2. The van der Waals surface area contributed by atoms with Gasteiger partial charge in [0, 0.05) is 18.0 Å². The lowest BCUT2D eigenvalue weighted by atomic mass is 9.95. The first kappa shape index (κ1) is 17.3. The van der Waals surface area contributed by atoms with Gasteiger partial charge < -0.3 is 10.0 Å². The number of amides is 1. The Hall–Kier alpha value is -1.49. The third kappa shape index (κ3) is 3.61. The Morgan fingerprint density at radius 2 is 1.71 bits per heavy atom. The predicted octanol–water partition coefficient (Wildman–Crippen LogP) is 3.72. The maximum absolute atomic E-state index is 13.2. The molecule has 1 aliphatic heterocycles. The quantitative estimate of drug-likeness (QED) is 0.902. The van der Waals surface area contributed by atoms with E-state index < -0.39 is 5.97 Å². The molecule has 2 aliphatic rings. The number of thioether (sulfide) groups is 1. The van der Waals surface area contributed by atoms with Crippen LogP contribution in [0.4, 0.5) is 0 Å². The molecule has 130 valence electrons. The standard InChI is InChI=1S/C19H25NO3S/c1-14-4-6-16(7-5-14)24-19(10-2-3-11-19)18(23)20-12-8-15(9-13-20)17(21)22/h4-7,15H,2-3,8-13H2,1H3,(H,21,22). The summed E-state index contributed by atoms with van der Waals surface area (Å²) in [6, 6.07) is 8.38. The molecule has 0 radical (unpaired) electrons. The highest BCUT2D eigenvalue weighted by molar-refractivity contribution is 8.01. The first-order chi connectivity index (χ1) is 11.5. The van der Waals surface area contributed by atoms with Gasteiger partial charge >= 0.3 is 5.97 Å². The van der Waals surface area contributed by atoms with Crippen LogP contribution in [0.2, 0.25) is 0 Å². The molecule has 0 bridgehead atoms. The molecule has 1 amide bonds. The number of hydrogen-bond donors (Lipinski definition) is 1. The molecule has 2 fully saturated rings. The summed E-state index contributed by atoms with van der Waals surface area (Å²) in [4.78, 5) is 27.4. The number of carbonyl (C=O) groups excluding carboxylic acids is 1. The summed E-state index contributed by atoms with van der Waals surface area (Å²) in [6.45, 7) is 3.22. The number of aliphatic carboxylic acids is 1. The van der Waals surface area contributed by atoms with E-state index in [0.29, 0.717) is 25.9 Å². The zero-order valence-electron chi connectivity index (χ0n) is 14.2. The van der Waals surface area contributed by atoms with Gasteiger partial charge in [-0.05, 0) is 44.7 Å². The third-order valence-electron chi connectivity index (χ3n) is 5.27.